The summed E-state index contributed by atoms with van der Waals surface area (Å²) in [7, 11) is 0. The van der Waals surface area contributed by atoms with E-state index < -0.39 is 0 Å². The molecule has 2 aromatic rings. The Morgan fingerprint density at radius 3 is 2.70 bits per heavy atom. The molecule has 0 aliphatic heterocycles. The molecule has 4 nitrogen and oxygen atoms in total. The van der Waals surface area contributed by atoms with Crippen molar-refractivity contribution in [2.75, 3.05) is 6.61 Å². The fourth-order valence-corrected chi connectivity index (χ4v) is 2.26. The van der Waals surface area contributed by atoms with Gasteiger partial charge in [-0.2, -0.15) is 0 Å². The van der Waals surface area contributed by atoms with Gasteiger partial charge >= 0.3 is 0 Å². The molecule has 1 N–H and O–H groups in total. The first-order valence-electron chi connectivity index (χ1n) is 6.17. The monoisotopic (exact) mass is 289 g/mol. The smallest absolute Gasteiger partial charge is 0.220 e. The largest absolute Gasteiger partial charge is 0.390 e. The van der Waals surface area contributed by atoms with Crippen LogP contribution in [0.25, 0.3) is 0 Å². The van der Waals surface area contributed by atoms with Crippen LogP contribution >= 0.6 is 11.8 Å². The van der Waals surface area contributed by atoms with Gasteiger partial charge in [0, 0.05) is 0 Å². The molecule has 0 aliphatic carbocycles. The van der Waals surface area contributed by atoms with Crippen LogP contribution in [0.4, 0.5) is 0 Å². The molecule has 1 aromatic heterocycles. The Balaban J connectivity index is 1.77. The molecule has 104 valence electrons. The molecule has 0 unspecified atom stereocenters. The number of hydrogen-bond acceptors (Lipinski definition) is 5. The number of pyridine rings is 1. The van der Waals surface area contributed by atoms with E-state index in [-0.39, 0.29) is 18.3 Å². The van der Waals surface area contributed by atoms with Gasteiger partial charge in [0.05, 0.1) is 18.9 Å². The summed E-state index contributed by atoms with van der Waals surface area (Å²) < 4.78 is 5.36. The predicted octanol–water partition coefficient (Wildman–Crippen LogP) is 2.41. The lowest BCUT2D eigenvalue weighted by Gasteiger charge is -2.04. The van der Waals surface area contributed by atoms with E-state index in [0.29, 0.717) is 17.3 Å². The quantitative estimate of drug-likeness (QED) is 0.828. The summed E-state index contributed by atoms with van der Waals surface area (Å²) in [5.41, 5.74) is 1.58. The summed E-state index contributed by atoms with van der Waals surface area (Å²) in [6.45, 7) is 0.314. The molecule has 0 spiro atoms. The zero-order valence-corrected chi connectivity index (χ0v) is 11.7. The average molecular weight is 289 g/mol. The van der Waals surface area contributed by atoms with Crippen molar-refractivity contribution in [2.45, 2.75) is 18.2 Å². The van der Waals surface area contributed by atoms with E-state index in [1.54, 1.807) is 18.2 Å². The van der Waals surface area contributed by atoms with Crippen LogP contribution in [0.1, 0.15) is 11.3 Å². The van der Waals surface area contributed by atoms with Gasteiger partial charge in [-0.1, -0.05) is 36.4 Å². The summed E-state index contributed by atoms with van der Waals surface area (Å²) >= 11 is 1.02. The molecule has 0 radical (unpaired) electrons. The Labute approximate surface area is 121 Å². The van der Waals surface area contributed by atoms with E-state index in [2.05, 4.69) is 4.98 Å². The average Bonchev–Trinajstić information content (AvgIpc) is 2.48. The number of benzene rings is 1. The van der Waals surface area contributed by atoms with Crippen molar-refractivity contribution in [2.24, 2.45) is 0 Å². The van der Waals surface area contributed by atoms with Crippen LogP contribution in [0.5, 0.6) is 0 Å². The van der Waals surface area contributed by atoms with Crippen molar-refractivity contribution in [3.63, 3.8) is 0 Å². The van der Waals surface area contributed by atoms with Gasteiger partial charge in [0.2, 0.25) is 5.12 Å². The second-order valence-electron chi connectivity index (χ2n) is 4.08. The summed E-state index contributed by atoms with van der Waals surface area (Å²) in [6, 6.07) is 14.9. The molecule has 0 saturated carbocycles. The lowest BCUT2D eigenvalue weighted by atomic mass is 10.2. The second kappa shape index (κ2) is 7.79. The van der Waals surface area contributed by atoms with Gasteiger partial charge < -0.3 is 9.84 Å². The molecule has 5 heteroatoms. The fraction of sp³-hybridized carbons (Fsp3) is 0.200. The first-order valence-corrected chi connectivity index (χ1v) is 6.99. The van der Waals surface area contributed by atoms with Crippen LogP contribution < -0.4 is 0 Å². The SMILES string of the molecule is O=C(COCc1ccccc1)Sc1cccc(CO)n1. The highest BCUT2D eigenvalue weighted by Gasteiger charge is 2.07. The minimum absolute atomic E-state index is 0.0323. The van der Waals surface area contributed by atoms with Crippen molar-refractivity contribution >= 4 is 16.9 Å². The zero-order chi connectivity index (χ0) is 14.2. The molecular weight excluding hydrogens is 274 g/mol. The third kappa shape index (κ3) is 4.77. The third-order valence-corrected chi connectivity index (χ3v) is 3.28. The summed E-state index contributed by atoms with van der Waals surface area (Å²) in [5, 5.41) is 9.45. The van der Waals surface area contributed by atoms with E-state index in [1.807, 2.05) is 30.3 Å². The van der Waals surface area contributed by atoms with Gasteiger partial charge in [-0.15, -0.1) is 0 Å². The number of carbonyl (C=O) groups excluding carboxylic acids is 1. The number of nitrogens with zero attached hydrogens (tertiary/aromatic N) is 1. The van der Waals surface area contributed by atoms with Crippen LogP contribution in [0.3, 0.4) is 0 Å². The molecule has 0 aliphatic rings. The van der Waals surface area contributed by atoms with Gasteiger partial charge in [-0.05, 0) is 29.5 Å². The highest BCUT2D eigenvalue weighted by molar-refractivity contribution is 8.13. The Bertz CT molecular complexity index is 560. The maximum atomic E-state index is 11.7. The highest BCUT2D eigenvalue weighted by atomic mass is 32.2. The number of aromatic nitrogens is 1. The van der Waals surface area contributed by atoms with Crippen LogP contribution in [0.2, 0.25) is 0 Å². The van der Waals surface area contributed by atoms with Gasteiger partial charge in [-0.25, -0.2) is 4.98 Å². The van der Waals surface area contributed by atoms with Crippen molar-refractivity contribution in [3.05, 3.63) is 59.8 Å². The van der Waals surface area contributed by atoms with Gasteiger partial charge in [0.15, 0.2) is 0 Å². The first kappa shape index (κ1) is 14.7. The number of hydrogen-bond donors (Lipinski definition) is 1. The number of aliphatic hydroxyl groups excluding tert-OH is 1. The number of aliphatic hydroxyl groups is 1. The number of ether oxygens (including phenoxy) is 1. The number of rotatable bonds is 6. The second-order valence-corrected chi connectivity index (χ2v) is 5.16. The number of thioether (sulfide) groups is 1. The maximum absolute atomic E-state index is 11.7. The summed E-state index contributed by atoms with van der Waals surface area (Å²) in [4.78, 5) is 15.9. The van der Waals surface area contributed by atoms with E-state index in [4.69, 9.17) is 9.84 Å². The minimum atomic E-state index is -0.132. The lowest BCUT2D eigenvalue weighted by molar-refractivity contribution is -0.115. The first-order chi connectivity index (χ1) is 9.78. The van der Waals surface area contributed by atoms with Crippen molar-refractivity contribution < 1.29 is 14.6 Å². The molecular formula is C15H15NO3S. The molecule has 0 bridgehead atoms. The molecule has 0 atom stereocenters. The summed E-state index contributed by atoms with van der Waals surface area (Å²) in [5.74, 6) is 0. The van der Waals surface area contributed by atoms with Crippen LogP contribution in [0, 0.1) is 0 Å². The van der Waals surface area contributed by atoms with Crippen LogP contribution in [0.15, 0.2) is 53.6 Å². The Hall–Kier alpha value is -1.69. The van der Waals surface area contributed by atoms with Gasteiger partial charge in [0.1, 0.15) is 11.6 Å². The molecule has 2 rings (SSSR count). The highest BCUT2D eigenvalue weighted by Crippen LogP contribution is 2.17. The van der Waals surface area contributed by atoms with E-state index in [0.717, 1.165) is 17.3 Å². The van der Waals surface area contributed by atoms with Crippen molar-refractivity contribution in [3.8, 4) is 0 Å². The van der Waals surface area contributed by atoms with E-state index in [1.165, 1.54) is 0 Å². The minimum Gasteiger partial charge on any atom is -0.390 e. The molecule has 0 saturated heterocycles. The Kier molecular flexibility index (Phi) is 5.73. The number of carbonyl (C=O) groups is 1. The molecule has 0 fully saturated rings. The maximum Gasteiger partial charge on any atom is 0.220 e. The van der Waals surface area contributed by atoms with E-state index in [9.17, 15) is 4.79 Å². The lowest BCUT2D eigenvalue weighted by Crippen LogP contribution is -2.05. The Morgan fingerprint density at radius 1 is 1.15 bits per heavy atom. The van der Waals surface area contributed by atoms with Gasteiger partial charge in [0.25, 0.3) is 0 Å². The normalized spacial score (nSPS) is 10.4. The van der Waals surface area contributed by atoms with Crippen molar-refractivity contribution in [1.82, 2.24) is 4.98 Å². The van der Waals surface area contributed by atoms with Crippen molar-refractivity contribution in [1.29, 1.82) is 0 Å². The molecule has 1 heterocycles. The van der Waals surface area contributed by atoms with E-state index >= 15 is 0 Å². The standard InChI is InChI=1S/C15H15NO3S/c17-9-13-7-4-8-14(16-13)20-15(18)11-19-10-12-5-2-1-3-6-12/h1-8,17H,9-11H2. The predicted molar refractivity (Wildman–Crippen MR) is 77.1 cm³/mol. The summed E-state index contributed by atoms with van der Waals surface area (Å²) in [6.07, 6.45) is 0. The molecule has 0 amide bonds. The Morgan fingerprint density at radius 2 is 1.95 bits per heavy atom. The van der Waals surface area contributed by atoms with Crippen LogP contribution in [-0.4, -0.2) is 21.8 Å². The zero-order valence-electron chi connectivity index (χ0n) is 10.9. The van der Waals surface area contributed by atoms with Crippen LogP contribution in [-0.2, 0) is 22.7 Å². The topological polar surface area (TPSA) is 59.4 Å². The third-order valence-electron chi connectivity index (χ3n) is 2.49. The molecule has 20 heavy (non-hydrogen) atoms. The van der Waals surface area contributed by atoms with Gasteiger partial charge in [-0.3, -0.25) is 4.79 Å². The molecule has 1 aromatic carbocycles. The fourth-order valence-electron chi connectivity index (χ4n) is 1.58.